The maximum atomic E-state index is 12.8. The number of methoxy groups -OCH3 is 2. The molecule has 0 spiro atoms. The van der Waals surface area contributed by atoms with Crippen LogP contribution in [0.5, 0.6) is 11.5 Å². The zero-order valence-electron chi connectivity index (χ0n) is 17.9. The number of piperazine rings is 1. The molecule has 1 aromatic carbocycles. The van der Waals surface area contributed by atoms with E-state index in [1.165, 1.54) is 0 Å². The maximum Gasteiger partial charge on any atom is 0.227 e. The van der Waals surface area contributed by atoms with Crippen molar-refractivity contribution in [3.8, 4) is 11.5 Å². The highest BCUT2D eigenvalue weighted by Crippen LogP contribution is 2.28. The lowest BCUT2D eigenvalue weighted by Gasteiger charge is -2.35. The van der Waals surface area contributed by atoms with Gasteiger partial charge in [0, 0.05) is 43.9 Å². The minimum atomic E-state index is 0.124. The summed E-state index contributed by atoms with van der Waals surface area (Å²) in [5.74, 6) is 3.54. The molecule has 0 N–H and O–H groups in total. The number of aromatic nitrogens is 2. The molecule has 1 aliphatic heterocycles. The van der Waals surface area contributed by atoms with Crippen LogP contribution in [0.25, 0.3) is 0 Å². The quantitative estimate of drug-likeness (QED) is 0.745. The zero-order chi connectivity index (χ0) is 21.0. The lowest BCUT2D eigenvalue weighted by atomic mass is 10.1. The first-order chi connectivity index (χ1) is 13.9. The van der Waals surface area contributed by atoms with Crippen molar-refractivity contribution in [1.82, 2.24) is 14.9 Å². The summed E-state index contributed by atoms with van der Waals surface area (Å²) in [5, 5.41) is 0. The lowest BCUT2D eigenvalue weighted by molar-refractivity contribution is -0.130. The van der Waals surface area contributed by atoms with Gasteiger partial charge in [0.1, 0.15) is 11.6 Å². The third kappa shape index (κ3) is 4.96. The Morgan fingerprint density at radius 1 is 1.03 bits per heavy atom. The second kappa shape index (κ2) is 9.11. The number of aryl methyl sites for hydroxylation is 1. The molecule has 2 heterocycles. The molecule has 0 aliphatic carbocycles. The van der Waals surface area contributed by atoms with Gasteiger partial charge < -0.3 is 19.3 Å². The summed E-state index contributed by atoms with van der Waals surface area (Å²) >= 11 is 0. The van der Waals surface area contributed by atoms with Crippen molar-refractivity contribution in [2.75, 3.05) is 45.3 Å². The van der Waals surface area contributed by atoms with Crippen molar-refractivity contribution in [1.29, 1.82) is 0 Å². The number of nitrogens with zero attached hydrogens (tertiary/aromatic N) is 4. The molecule has 0 radical (unpaired) electrons. The lowest BCUT2D eigenvalue weighted by Crippen LogP contribution is -2.49. The standard InChI is InChI=1S/C22H30N4O3/c1-15(2)22-23-16(3)12-20(24-22)25-8-10-26(11-9-25)21(27)14-17-6-7-18(28-4)19(13-17)29-5/h6-7,12-13,15H,8-11,14H2,1-5H3. The van der Waals surface area contributed by atoms with Crippen molar-refractivity contribution in [2.45, 2.75) is 33.1 Å². The number of hydrogen-bond acceptors (Lipinski definition) is 6. The Labute approximate surface area is 172 Å². The molecule has 1 saturated heterocycles. The normalized spacial score (nSPS) is 14.3. The minimum Gasteiger partial charge on any atom is -0.493 e. The molecule has 29 heavy (non-hydrogen) atoms. The van der Waals surface area contributed by atoms with Crippen molar-refractivity contribution < 1.29 is 14.3 Å². The van der Waals surface area contributed by atoms with Crippen LogP contribution in [0.3, 0.4) is 0 Å². The highest BCUT2D eigenvalue weighted by atomic mass is 16.5. The molecular formula is C22H30N4O3. The number of rotatable bonds is 6. The summed E-state index contributed by atoms with van der Waals surface area (Å²) in [4.78, 5) is 26.2. The fraction of sp³-hybridized carbons (Fsp3) is 0.500. The van der Waals surface area contributed by atoms with E-state index in [-0.39, 0.29) is 11.8 Å². The van der Waals surface area contributed by atoms with Gasteiger partial charge in [-0.3, -0.25) is 4.79 Å². The summed E-state index contributed by atoms with van der Waals surface area (Å²) in [6.07, 6.45) is 0.352. The Hall–Kier alpha value is -2.83. The maximum absolute atomic E-state index is 12.8. The van der Waals surface area contributed by atoms with Crippen molar-refractivity contribution in [2.24, 2.45) is 0 Å². The monoisotopic (exact) mass is 398 g/mol. The first kappa shape index (κ1) is 20.9. The van der Waals surface area contributed by atoms with E-state index in [2.05, 4.69) is 23.7 Å². The molecule has 1 aromatic heterocycles. The van der Waals surface area contributed by atoms with Gasteiger partial charge in [-0.1, -0.05) is 19.9 Å². The average Bonchev–Trinajstić information content (AvgIpc) is 2.73. The second-order valence-electron chi connectivity index (χ2n) is 7.61. The van der Waals surface area contributed by atoms with Gasteiger partial charge in [-0.25, -0.2) is 9.97 Å². The van der Waals surface area contributed by atoms with E-state index < -0.39 is 0 Å². The first-order valence-corrected chi connectivity index (χ1v) is 10.0. The van der Waals surface area contributed by atoms with Crippen LogP contribution >= 0.6 is 0 Å². The van der Waals surface area contributed by atoms with Crippen molar-refractivity contribution in [3.05, 3.63) is 41.3 Å². The largest absolute Gasteiger partial charge is 0.493 e. The molecule has 1 aliphatic rings. The molecule has 7 nitrogen and oxygen atoms in total. The molecule has 1 amide bonds. The van der Waals surface area contributed by atoms with Crippen LogP contribution in [0.2, 0.25) is 0 Å². The topological polar surface area (TPSA) is 67.8 Å². The number of carbonyl (C=O) groups excluding carboxylic acids is 1. The molecule has 0 atom stereocenters. The Morgan fingerprint density at radius 2 is 1.72 bits per heavy atom. The Balaban J connectivity index is 1.61. The molecule has 0 saturated carbocycles. The molecule has 7 heteroatoms. The van der Waals surface area contributed by atoms with Crippen molar-refractivity contribution >= 4 is 11.7 Å². The van der Waals surface area contributed by atoms with Crippen LogP contribution in [-0.4, -0.2) is 61.2 Å². The summed E-state index contributed by atoms with van der Waals surface area (Å²) in [5.41, 5.74) is 1.90. The summed E-state index contributed by atoms with van der Waals surface area (Å²) in [7, 11) is 3.20. The molecule has 0 unspecified atom stereocenters. The predicted molar refractivity (Wildman–Crippen MR) is 113 cm³/mol. The van der Waals surface area contributed by atoms with Crippen LogP contribution in [0.15, 0.2) is 24.3 Å². The van der Waals surface area contributed by atoms with Gasteiger partial charge >= 0.3 is 0 Å². The predicted octanol–water partition coefficient (Wildman–Crippen LogP) is 2.82. The third-order valence-corrected chi connectivity index (χ3v) is 5.13. The van der Waals surface area contributed by atoms with Crippen LogP contribution in [0.1, 0.15) is 36.8 Å². The van der Waals surface area contributed by atoms with E-state index in [4.69, 9.17) is 14.5 Å². The smallest absolute Gasteiger partial charge is 0.227 e. The molecule has 156 valence electrons. The Morgan fingerprint density at radius 3 is 2.34 bits per heavy atom. The Bertz CT molecular complexity index is 861. The van der Waals surface area contributed by atoms with Gasteiger partial charge in [0.2, 0.25) is 5.91 Å². The van der Waals surface area contributed by atoms with Gasteiger partial charge in [0.25, 0.3) is 0 Å². The number of ether oxygens (including phenoxy) is 2. The van der Waals surface area contributed by atoms with Gasteiger partial charge in [-0.05, 0) is 24.6 Å². The second-order valence-corrected chi connectivity index (χ2v) is 7.61. The SMILES string of the molecule is COc1ccc(CC(=O)N2CCN(c3cc(C)nc(C(C)C)n3)CC2)cc1OC. The van der Waals surface area contributed by atoms with Gasteiger partial charge in [-0.15, -0.1) is 0 Å². The molecule has 1 fully saturated rings. The molecule has 2 aromatic rings. The van der Waals surface area contributed by atoms with E-state index >= 15 is 0 Å². The first-order valence-electron chi connectivity index (χ1n) is 10.0. The third-order valence-electron chi connectivity index (χ3n) is 5.13. The molecular weight excluding hydrogens is 368 g/mol. The van der Waals surface area contributed by atoms with Gasteiger partial charge in [0.05, 0.1) is 20.6 Å². The van der Waals surface area contributed by atoms with Crippen LogP contribution in [-0.2, 0) is 11.2 Å². The summed E-state index contributed by atoms with van der Waals surface area (Å²) in [6.45, 7) is 9.11. The number of carbonyl (C=O) groups is 1. The van der Waals surface area contributed by atoms with Gasteiger partial charge in [-0.2, -0.15) is 0 Å². The van der Waals surface area contributed by atoms with Crippen LogP contribution < -0.4 is 14.4 Å². The van der Waals surface area contributed by atoms with Crippen LogP contribution in [0.4, 0.5) is 5.82 Å². The number of hydrogen-bond donors (Lipinski definition) is 0. The fourth-order valence-electron chi connectivity index (χ4n) is 3.46. The number of benzene rings is 1. The van der Waals surface area contributed by atoms with Gasteiger partial charge in [0.15, 0.2) is 11.5 Å². The highest BCUT2D eigenvalue weighted by Gasteiger charge is 2.23. The zero-order valence-corrected chi connectivity index (χ0v) is 17.9. The fourth-order valence-corrected chi connectivity index (χ4v) is 3.46. The highest BCUT2D eigenvalue weighted by molar-refractivity contribution is 5.79. The van der Waals surface area contributed by atoms with E-state index in [9.17, 15) is 4.79 Å². The molecule has 3 rings (SSSR count). The van der Waals surface area contributed by atoms with E-state index in [0.29, 0.717) is 31.0 Å². The van der Waals surface area contributed by atoms with E-state index in [1.54, 1.807) is 14.2 Å². The Kier molecular flexibility index (Phi) is 6.56. The summed E-state index contributed by atoms with van der Waals surface area (Å²) in [6, 6.07) is 7.63. The number of amides is 1. The summed E-state index contributed by atoms with van der Waals surface area (Å²) < 4.78 is 10.6. The van der Waals surface area contributed by atoms with Crippen molar-refractivity contribution in [3.63, 3.8) is 0 Å². The molecule has 0 bridgehead atoms. The van der Waals surface area contributed by atoms with Crippen LogP contribution in [0, 0.1) is 6.92 Å². The minimum absolute atomic E-state index is 0.124. The van der Waals surface area contributed by atoms with E-state index in [1.807, 2.05) is 36.1 Å². The average molecular weight is 399 g/mol. The van der Waals surface area contributed by atoms with E-state index in [0.717, 1.165) is 36.0 Å². The number of anilines is 1.